The van der Waals surface area contributed by atoms with Gasteiger partial charge in [0.15, 0.2) is 17.4 Å². The molecule has 0 N–H and O–H groups in total. The second-order valence-electron chi connectivity index (χ2n) is 18.1. The Morgan fingerprint density at radius 1 is 0.847 bits per heavy atom. The Hall–Kier alpha value is -2.77. The molecule has 5 aliphatic carbocycles. The molecule has 14 heteroatoms. The predicted octanol–water partition coefficient (Wildman–Crippen LogP) is 9.70. The Kier molecular flexibility index (Phi) is 12.0. The lowest BCUT2D eigenvalue weighted by atomic mass is 9.54. The van der Waals surface area contributed by atoms with Crippen LogP contribution in [0.4, 0.5) is 0 Å². The first-order valence-corrected chi connectivity index (χ1v) is 22.7. The lowest BCUT2D eigenvalue weighted by Crippen LogP contribution is -2.63. The number of hydrogen-bond acceptors (Lipinski definition) is 12. The van der Waals surface area contributed by atoms with Crippen LogP contribution < -0.4 is 9.26 Å². The summed E-state index contributed by atoms with van der Waals surface area (Å²) in [5, 5.41) is 0.432. The fourth-order valence-corrected chi connectivity index (χ4v) is 11.9. The van der Waals surface area contributed by atoms with Gasteiger partial charge in [-0.1, -0.05) is 29.8 Å². The highest BCUT2D eigenvalue weighted by atomic mass is 35.5. The van der Waals surface area contributed by atoms with Crippen LogP contribution in [0.5, 0.6) is 11.5 Å². The molecule has 3 unspecified atom stereocenters. The molecule has 59 heavy (non-hydrogen) atoms. The number of phosphoric ester groups is 1. The van der Waals surface area contributed by atoms with Gasteiger partial charge in [-0.15, -0.1) is 0 Å². The van der Waals surface area contributed by atoms with E-state index in [-0.39, 0.29) is 24.2 Å². The van der Waals surface area contributed by atoms with E-state index in [0.29, 0.717) is 28.2 Å². The van der Waals surface area contributed by atoms with Crippen LogP contribution >= 0.6 is 19.4 Å². The lowest BCUT2D eigenvalue weighted by molar-refractivity contribution is -0.195. The monoisotopic (exact) mass is 856 g/mol. The number of rotatable bonds is 14. The molecule has 2 aromatic carbocycles. The highest BCUT2D eigenvalue weighted by Crippen LogP contribution is 2.59. The van der Waals surface area contributed by atoms with Crippen LogP contribution in [0.25, 0.3) is 11.8 Å². The van der Waals surface area contributed by atoms with Gasteiger partial charge in [0.25, 0.3) is 0 Å². The molecule has 0 spiro atoms. The smallest absolute Gasteiger partial charge is 0.496 e. The molecule has 4 bridgehead atoms. The number of halogens is 1. The second kappa shape index (κ2) is 16.5. The van der Waals surface area contributed by atoms with E-state index in [2.05, 4.69) is 0 Å². The minimum Gasteiger partial charge on any atom is -0.496 e. The first-order valence-electron chi connectivity index (χ1n) is 20.9. The van der Waals surface area contributed by atoms with Crippen LogP contribution in [0, 0.1) is 23.7 Å². The first kappa shape index (κ1) is 42.9. The highest BCUT2D eigenvalue weighted by molar-refractivity contribution is 7.48. The van der Waals surface area contributed by atoms with Crippen molar-refractivity contribution in [2.24, 2.45) is 23.7 Å². The van der Waals surface area contributed by atoms with Crippen LogP contribution in [-0.2, 0) is 53.4 Å². The quantitative estimate of drug-likeness (QED) is 0.102. The van der Waals surface area contributed by atoms with Gasteiger partial charge >= 0.3 is 7.82 Å². The third-order valence-corrected chi connectivity index (χ3v) is 14.2. The van der Waals surface area contributed by atoms with Crippen LogP contribution in [0.3, 0.4) is 0 Å². The Balaban J connectivity index is 1.01. The van der Waals surface area contributed by atoms with Crippen molar-refractivity contribution in [2.45, 2.75) is 141 Å². The zero-order valence-electron chi connectivity index (χ0n) is 35.4. The Morgan fingerprint density at radius 2 is 1.41 bits per heavy atom. The average Bonchev–Trinajstić information content (AvgIpc) is 3.68. The molecule has 7 aliphatic rings. The van der Waals surface area contributed by atoms with Gasteiger partial charge in [-0.25, -0.2) is 4.57 Å². The molecule has 2 heterocycles. The van der Waals surface area contributed by atoms with Crippen molar-refractivity contribution in [3.05, 3.63) is 69.8 Å². The van der Waals surface area contributed by atoms with Crippen LogP contribution in [0.2, 0.25) is 5.02 Å². The molecule has 2 aliphatic heterocycles. The van der Waals surface area contributed by atoms with E-state index in [9.17, 15) is 9.36 Å². The summed E-state index contributed by atoms with van der Waals surface area (Å²) in [6.45, 7) is 12.7. The Labute approximate surface area is 352 Å². The number of fused-ring (bicyclic) bond motifs is 2. The summed E-state index contributed by atoms with van der Waals surface area (Å²) >= 11 is 7.23. The van der Waals surface area contributed by atoms with E-state index in [1.54, 1.807) is 65.1 Å². The number of hydrogen-bond donors (Lipinski definition) is 0. The summed E-state index contributed by atoms with van der Waals surface area (Å²) < 4.78 is 76.3. The fraction of sp³-hybridized carbons (Fsp3) is 0.622. The third kappa shape index (κ3) is 8.82. The molecule has 322 valence electrons. The first-order chi connectivity index (χ1) is 27.9. The molecule has 12 nitrogen and oxygen atoms in total. The van der Waals surface area contributed by atoms with Gasteiger partial charge in [-0.2, -0.15) is 0 Å². The number of ether oxygens (including phenoxy) is 7. The maximum absolute atomic E-state index is 14.3. The molecule has 7 fully saturated rings. The number of carbonyl (C=O) groups excluding carboxylic acids is 1. The van der Waals surface area contributed by atoms with Gasteiger partial charge < -0.3 is 37.7 Å². The van der Waals surface area contributed by atoms with Crippen molar-refractivity contribution < 1.29 is 56.1 Å². The number of benzene rings is 2. The zero-order chi connectivity index (χ0) is 42.0. The number of carbonyl (C=O) groups is 1. The molecule has 9 rings (SSSR count). The van der Waals surface area contributed by atoms with E-state index in [1.807, 2.05) is 26.0 Å². The second-order valence-corrected chi connectivity index (χ2v) is 20.1. The van der Waals surface area contributed by atoms with Crippen LogP contribution in [0.1, 0.15) is 97.3 Å². The summed E-state index contributed by atoms with van der Waals surface area (Å²) in [6, 6.07) is 10.8. The van der Waals surface area contributed by atoms with Crippen molar-refractivity contribution >= 4 is 37.0 Å². The molecule has 2 saturated heterocycles. The van der Waals surface area contributed by atoms with E-state index < -0.39 is 56.0 Å². The normalized spacial score (nSPS) is 33.5. The van der Waals surface area contributed by atoms with Crippen molar-refractivity contribution in [1.82, 2.24) is 0 Å². The maximum Gasteiger partial charge on any atom is 0.530 e. The molecular formula is C45H58ClO12P. The fourth-order valence-electron chi connectivity index (χ4n) is 10.5. The van der Waals surface area contributed by atoms with Crippen molar-refractivity contribution in [3.8, 4) is 11.5 Å². The van der Waals surface area contributed by atoms with Gasteiger partial charge in [0.1, 0.15) is 60.5 Å². The lowest BCUT2D eigenvalue weighted by Gasteiger charge is -2.51. The van der Waals surface area contributed by atoms with Gasteiger partial charge in [0, 0.05) is 18.2 Å². The summed E-state index contributed by atoms with van der Waals surface area (Å²) in [5.41, 5.74) is 3.64. The number of allylic oxidation sites excluding steroid dienone is 2. The Bertz CT molecular complexity index is 1950. The van der Waals surface area contributed by atoms with E-state index in [1.165, 1.54) is 57.8 Å². The number of phosphoric acid groups is 1. The van der Waals surface area contributed by atoms with E-state index in [0.717, 1.165) is 28.7 Å². The Morgan fingerprint density at radius 3 is 1.92 bits per heavy atom. The molecule has 0 aromatic heterocycles. The maximum atomic E-state index is 14.3. The minimum atomic E-state index is -4.28. The van der Waals surface area contributed by atoms with Crippen molar-refractivity contribution in [3.63, 3.8) is 0 Å². The third-order valence-electron chi connectivity index (χ3n) is 12.4. The van der Waals surface area contributed by atoms with Gasteiger partial charge in [-0.05, 0) is 146 Å². The summed E-state index contributed by atoms with van der Waals surface area (Å²) in [4.78, 5) is 12.0. The highest BCUT2D eigenvalue weighted by Gasteiger charge is 2.65. The van der Waals surface area contributed by atoms with Gasteiger partial charge in [0.05, 0.1) is 18.2 Å². The van der Waals surface area contributed by atoms with Gasteiger partial charge in [-0.3, -0.25) is 13.8 Å². The molecule has 7 atom stereocenters. The number of methoxy groups -OCH3 is 1. The standard InChI is InChI=1S/C45H58ClO12P/c1-24(2)52-38-39-41(55-44(4,5)53-39)43(42-40(38)54-45(6,7)56-42)58-59(48,50-9)57-32-15-11-26(12-16-32)23-51-36-29(13-10-25(3)47)14-17-33(35(36)46)37(49-8)34-30-19-27-18-28(21-30)22-31(34)20-27/h10-17,24,27-28,30-31,38-43H,18-23H2,1-9H3/b13-10+,37-34?/t27?,28?,30?,31?,38?,39-,40+,41-,42-,43?,59?/m1/s1. The summed E-state index contributed by atoms with van der Waals surface area (Å²) in [6.07, 6.45) is 5.11. The number of ketones is 1. The molecular weight excluding hydrogens is 799 g/mol. The topological polar surface area (TPSA) is 126 Å². The van der Waals surface area contributed by atoms with Crippen LogP contribution in [0.15, 0.2) is 48.0 Å². The van der Waals surface area contributed by atoms with Gasteiger partial charge in [0.2, 0.25) is 0 Å². The molecule has 2 aromatic rings. The minimum absolute atomic E-state index is 0.0919. The summed E-state index contributed by atoms with van der Waals surface area (Å²) in [7, 11) is -1.29. The average molecular weight is 857 g/mol. The van der Waals surface area contributed by atoms with Crippen molar-refractivity contribution in [2.75, 3.05) is 14.2 Å². The van der Waals surface area contributed by atoms with E-state index in [4.69, 9.17) is 58.3 Å². The molecule has 5 saturated carbocycles. The predicted molar refractivity (Wildman–Crippen MR) is 221 cm³/mol. The van der Waals surface area contributed by atoms with Crippen molar-refractivity contribution in [1.29, 1.82) is 0 Å². The van der Waals surface area contributed by atoms with E-state index >= 15 is 0 Å². The largest absolute Gasteiger partial charge is 0.530 e. The zero-order valence-corrected chi connectivity index (χ0v) is 37.1. The molecule has 0 amide bonds. The van der Waals surface area contributed by atoms with Crippen LogP contribution in [-0.4, -0.2) is 74.3 Å². The SMILES string of the molecule is COC(=C1C2CC3CC(C2)CC1C3)c1ccc(/C=C/C(C)=O)c(OCc2ccc(OP(=O)(OC)OC3[C@@H]4OC(C)(C)O[C@@H]4C(OC(C)C)[C@@H]4OC(C)(C)O[C@@H]34)cc2)c1Cl. The summed E-state index contributed by atoms with van der Waals surface area (Å²) in [5.74, 6) is 2.13. The molecule has 0 radical (unpaired) electrons.